The molecule has 2 heterocycles. The summed E-state index contributed by atoms with van der Waals surface area (Å²) in [7, 11) is 1.98. The van der Waals surface area contributed by atoms with Gasteiger partial charge in [0.15, 0.2) is 0 Å². The average Bonchev–Trinajstić information content (AvgIpc) is 2.49. The molecule has 4 nitrogen and oxygen atoms in total. The minimum atomic E-state index is -0.139. The van der Waals surface area contributed by atoms with Gasteiger partial charge in [-0.3, -0.25) is 4.68 Å². The van der Waals surface area contributed by atoms with Crippen molar-refractivity contribution in [2.45, 2.75) is 45.3 Å². The van der Waals surface area contributed by atoms with Crippen LogP contribution >= 0.6 is 11.6 Å². The third-order valence-electron chi connectivity index (χ3n) is 3.32. The van der Waals surface area contributed by atoms with Gasteiger partial charge in [0.25, 0.3) is 0 Å². The summed E-state index contributed by atoms with van der Waals surface area (Å²) >= 11 is 6.07. The van der Waals surface area contributed by atoms with Crippen molar-refractivity contribution in [3.8, 4) is 0 Å². The SMILES string of the molecule is Cc1nn(C)c(N2CC(C)OC(C)(C)C2)c1CCl. The maximum atomic E-state index is 6.07. The Morgan fingerprint density at radius 1 is 1.50 bits per heavy atom. The predicted octanol–water partition coefficient (Wildman–Crippen LogP) is 2.47. The molecule has 5 heteroatoms. The summed E-state index contributed by atoms with van der Waals surface area (Å²) in [6, 6.07) is 0. The van der Waals surface area contributed by atoms with Gasteiger partial charge in [-0.1, -0.05) is 0 Å². The first-order chi connectivity index (χ1) is 8.34. The molecule has 1 aromatic rings. The van der Waals surface area contributed by atoms with Gasteiger partial charge in [0.2, 0.25) is 0 Å². The van der Waals surface area contributed by atoms with Gasteiger partial charge in [-0.2, -0.15) is 5.10 Å². The number of aryl methyl sites for hydroxylation is 2. The van der Waals surface area contributed by atoms with E-state index in [1.807, 2.05) is 18.7 Å². The highest BCUT2D eigenvalue weighted by Gasteiger charge is 2.33. The van der Waals surface area contributed by atoms with Crippen LogP contribution in [0.4, 0.5) is 5.82 Å². The normalized spacial score (nSPS) is 23.4. The number of nitrogens with zero attached hydrogens (tertiary/aromatic N) is 3. The zero-order valence-electron chi connectivity index (χ0n) is 11.8. The van der Waals surface area contributed by atoms with Gasteiger partial charge >= 0.3 is 0 Å². The molecule has 1 aliphatic rings. The lowest BCUT2D eigenvalue weighted by Crippen LogP contribution is -2.52. The summed E-state index contributed by atoms with van der Waals surface area (Å²) in [4.78, 5) is 2.34. The second kappa shape index (κ2) is 4.74. The molecule has 18 heavy (non-hydrogen) atoms. The van der Waals surface area contributed by atoms with Crippen molar-refractivity contribution < 1.29 is 4.74 Å². The van der Waals surface area contributed by atoms with Crippen LogP contribution in [0.5, 0.6) is 0 Å². The van der Waals surface area contributed by atoms with Crippen LogP contribution in [0.15, 0.2) is 0 Å². The van der Waals surface area contributed by atoms with E-state index in [0.29, 0.717) is 5.88 Å². The van der Waals surface area contributed by atoms with Crippen LogP contribution in [0.2, 0.25) is 0 Å². The predicted molar refractivity (Wildman–Crippen MR) is 74.3 cm³/mol. The fourth-order valence-corrected chi connectivity index (χ4v) is 3.17. The first kappa shape index (κ1) is 13.7. The second-order valence-corrected chi connectivity index (χ2v) is 5.98. The molecule has 0 saturated carbocycles. The molecule has 1 unspecified atom stereocenters. The number of anilines is 1. The molecule has 0 spiro atoms. The molecule has 1 saturated heterocycles. The summed E-state index contributed by atoms with van der Waals surface area (Å²) in [5, 5.41) is 4.48. The van der Waals surface area contributed by atoms with Gasteiger partial charge in [0.1, 0.15) is 5.82 Å². The standard InChI is InChI=1S/C13H22ClN3O/c1-9-7-17(8-13(3,4)18-9)12-11(6-14)10(2)15-16(12)5/h9H,6-8H2,1-5H3. The van der Waals surface area contributed by atoms with Gasteiger partial charge in [0, 0.05) is 25.7 Å². The van der Waals surface area contributed by atoms with Crippen LogP contribution in [0.3, 0.4) is 0 Å². The van der Waals surface area contributed by atoms with Gasteiger partial charge < -0.3 is 9.64 Å². The van der Waals surface area contributed by atoms with E-state index in [2.05, 4.69) is 30.8 Å². The fourth-order valence-electron chi connectivity index (χ4n) is 2.86. The molecule has 0 amide bonds. The minimum Gasteiger partial charge on any atom is -0.369 e. The number of morpholine rings is 1. The largest absolute Gasteiger partial charge is 0.369 e. The van der Waals surface area contributed by atoms with Crippen molar-refractivity contribution in [3.05, 3.63) is 11.3 Å². The minimum absolute atomic E-state index is 0.139. The van der Waals surface area contributed by atoms with Crippen molar-refractivity contribution in [2.75, 3.05) is 18.0 Å². The summed E-state index contributed by atoms with van der Waals surface area (Å²) in [6.07, 6.45) is 0.215. The lowest BCUT2D eigenvalue weighted by molar-refractivity contribution is -0.0753. The number of ether oxygens (including phenoxy) is 1. The Kier molecular flexibility index (Phi) is 3.60. The summed E-state index contributed by atoms with van der Waals surface area (Å²) in [6.45, 7) is 10.1. The highest BCUT2D eigenvalue weighted by Crippen LogP contribution is 2.30. The van der Waals surface area contributed by atoms with Crippen LogP contribution in [0.1, 0.15) is 32.0 Å². The molecule has 0 aromatic carbocycles. The Labute approximate surface area is 114 Å². The quantitative estimate of drug-likeness (QED) is 0.774. The lowest BCUT2D eigenvalue weighted by atomic mass is 10.1. The third-order valence-corrected chi connectivity index (χ3v) is 3.58. The molecule has 1 atom stereocenters. The van der Waals surface area contributed by atoms with Gasteiger partial charge in [-0.15, -0.1) is 11.6 Å². The van der Waals surface area contributed by atoms with Crippen LogP contribution in [-0.4, -0.2) is 34.6 Å². The molecular formula is C13H22ClN3O. The smallest absolute Gasteiger partial charge is 0.131 e. The molecule has 2 rings (SSSR count). The summed E-state index contributed by atoms with van der Waals surface area (Å²) in [5.41, 5.74) is 2.00. The molecule has 0 N–H and O–H groups in total. The maximum absolute atomic E-state index is 6.07. The van der Waals surface area contributed by atoms with Crippen molar-refractivity contribution >= 4 is 17.4 Å². The Morgan fingerprint density at radius 2 is 2.17 bits per heavy atom. The Balaban J connectivity index is 2.36. The van der Waals surface area contributed by atoms with Gasteiger partial charge in [0.05, 0.1) is 23.3 Å². The van der Waals surface area contributed by atoms with Gasteiger partial charge in [-0.25, -0.2) is 0 Å². The molecule has 0 bridgehead atoms. The highest BCUT2D eigenvalue weighted by molar-refractivity contribution is 6.17. The average molecular weight is 272 g/mol. The van der Waals surface area contributed by atoms with E-state index in [4.69, 9.17) is 16.3 Å². The third kappa shape index (κ3) is 2.50. The topological polar surface area (TPSA) is 30.3 Å². The zero-order chi connectivity index (χ0) is 13.5. The molecule has 1 aliphatic heterocycles. The van der Waals surface area contributed by atoms with E-state index in [1.54, 1.807) is 0 Å². The van der Waals surface area contributed by atoms with Gasteiger partial charge in [-0.05, 0) is 27.7 Å². The second-order valence-electron chi connectivity index (χ2n) is 5.71. The molecular weight excluding hydrogens is 250 g/mol. The summed E-state index contributed by atoms with van der Waals surface area (Å²) < 4.78 is 7.87. The van der Waals surface area contributed by atoms with Crippen molar-refractivity contribution in [3.63, 3.8) is 0 Å². The number of aromatic nitrogens is 2. The zero-order valence-corrected chi connectivity index (χ0v) is 12.6. The van der Waals surface area contributed by atoms with Crippen molar-refractivity contribution in [1.82, 2.24) is 9.78 Å². The van der Waals surface area contributed by atoms with Crippen molar-refractivity contribution in [1.29, 1.82) is 0 Å². The Bertz CT molecular complexity index is 442. The van der Waals surface area contributed by atoms with E-state index in [-0.39, 0.29) is 11.7 Å². The first-order valence-corrected chi connectivity index (χ1v) is 6.88. The number of halogens is 1. The Hall–Kier alpha value is -0.740. The number of hydrogen-bond donors (Lipinski definition) is 0. The summed E-state index contributed by atoms with van der Waals surface area (Å²) in [5.74, 6) is 1.63. The molecule has 0 radical (unpaired) electrons. The molecule has 0 aliphatic carbocycles. The number of rotatable bonds is 2. The fraction of sp³-hybridized carbons (Fsp3) is 0.769. The van der Waals surface area contributed by atoms with Crippen LogP contribution in [0, 0.1) is 6.92 Å². The van der Waals surface area contributed by atoms with E-state index in [0.717, 1.165) is 30.2 Å². The molecule has 102 valence electrons. The number of hydrogen-bond acceptors (Lipinski definition) is 3. The van der Waals surface area contributed by atoms with E-state index in [1.165, 1.54) is 0 Å². The maximum Gasteiger partial charge on any atom is 0.131 e. The van der Waals surface area contributed by atoms with E-state index in [9.17, 15) is 0 Å². The number of alkyl halides is 1. The highest BCUT2D eigenvalue weighted by atomic mass is 35.5. The first-order valence-electron chi connectivity index (χ1n) is 6.35. The van der Waals surface area contributed by atoms with Crippen molar-refractivity contribution in [2.24, 2.45) is 7.05 Å². The molecule has 1 fully saturated rings. The van der Waals surface area contributed by atoms with E-state index < -0.39 is 0 Å². The van der Waals surface area contributed by atoms with Crippen LogP contribution < -0.4 is 4.90 Å². The lowest BCUT2D eigenvalue weighted by Gasteiger charge is -2.43. The monoisotopic (exact) mass is 271 g/mol. The Morgan fingerprint density at radius 3 is 2.72 bits per heavy atom. The van der Waals surface area contributed by atoms with Crippen LogP contribution in [-0.2, 0) is 17.7 Å². The van der Waals surface area contributed by atoms with Crippen LogP contribution in [0.25, 0.3) is 0 Å². The van der Waals surface area contributed by atoms with E-state index >= 15 is 0 Å². The molecule has 1 aromatic heterocycles.